The lowest BCUT2D eigenvalue weighted by Gasteiger charge is -2.10. The molecule has 0 aromatic carbocycles. The van der Waals surface area contributed by atoms with Crippen LogP contribution in [0.15, 0.2) is 4.99 Å². The molecule has 0 fully saturated rings. The predicted molar refractivity (Wildman–Crippen MR) is 61.0 cm³/mol. The molecule has 0 saturated carbocycles. The van der Waals surface area contributed by atoms with Crippen LogP contribution >= 0.6 is 47.8 Å². The van der Waals surface area contributed by atoms with Crippen LogP contribution in [0.4, 0.5) is 0 Å². The molecule has 2 nitrogen and oxygen atoms in total. The van der Waals surface area contributed by atoms with Crippen LogP contribution in [-0.4, -0.2) is 14.8 Å². The van der Waals surface area contributed by atoms with E-state index in [9.17, 15) is 4.79 Å². The fourth-order valence-electron chi connectivity index (χ4n) is 0.739. The van der Waals surface area contributed by atoms with Gasteiger partial charge >= 0.3 is 0 Å². The van der Waals surface area contributed by atoms with E-state index < -0.39 is 0 Å². The summed E-state index contributed by atoms with van der Waals surface area (Å²) < 4.78 is -0.124. The summed E-state index contributed by atoms with van der Waals surface area (Å²) in [6, 6.07) is 0. The van der Waals surface area contributed by atoms with Gasteiger partial charge in [0.2, 0.25) is 6.08 Å². The summed E-state index contributed by atoms with van der Waals surface area (Å²) in [7, 11) is 0. The van der Waals surface area contributed by atoms with Gasteiger partial charge in [-0.2, -0.15) is 0 Å². The smallest absolute Gasteiger partial charge is 0.211 e. The van der Waals surface area contributed by atoms with Gasteiger partial charge in [0.15, 0.2) is 0 Å². The normalized spacial score (nSPS) is 10.9. The van der Waals surface area contributed by atoms with Gasteiger partial charge in [-0.05, 0) is 12.8 Å². The van der Waals surface area contributed by atoms with E-state index in [4.69, 9.17) is 0 Å². The lowest BCUT2D eigenvalue weighted by atomic mass is 10.2. The number of hydrogen-bond acceptors (Lipinski definition) is 2. The second-order valence-corrected chi connectivity index (χ2v) is 9.65. The molecule has 0 aromatic rings. The molecule has 0 atom stereocenters. The average Bonchev–Trinajstić information content (AvgIpc) is 1.94. The highest BCUT2D eigenvalue weighted by atomic mass is 80.0. The van der Waals surface area contributed by atoms with Crippen LogP contribution in [0.5, 0.6) is 0 Å². The number of unbranched alkanes of at least 4 members (excludes halogenated alkanes) is 2. The number of aliphatic imine (C=N–C) groups is 1. The molecule has 0 aliphatic heterocycles. The highest BCUT2D eigenvalue weighted by Gasteiger charge is 2.15. The average molecular weight is 364 g/mol. The molecular weight excluding hydrogens is 354 g/mol. The van der Waals surface area contributed by atoms with Crippen LogP contribution < -0.4 is 0 Å². The summed E-state index contributed by atoms with van der Waals surface area (Å²) in [5.74, 6) is 0. The van der Waals surface area contributed by atoms with E-state index in [1.807, 2.05) is 0 Å². The summed E-state index contributed by atoms with van der Waals surface area (Å²) in [5, 5.41) is 0. The minimum absolute atomic E-state index is 0.124. The van der Waals surface area contributed by atoms with Crippen molar-refractivity contribution in [2.75, 3.05) is 6.54 Å². The van der Waals surface area contributed by atoms with Crippen molar-refractivity contribution in [2.45, 2.75) is 27.8 Å². The Morgan fingerprint density at radius 1 is 1.17 bits per heavy atom. The third-order valence-electron chi connectivity index (χ3n) is 1.29. The number of halogens is 3. The summed E-state index contributed by atoms with van der Waals surface area (Å²) in [4.78, 5) is 13.1. The van der Waals surface area contributed by atoms with Gasteiger partial charge < -0.3 is 0 Å². The molecule has 0 N–H and O–H groups in total. The summed E-state index contributed by atoms with van der Waals surface area (Å²) in [5.41, 5.74) is 0. The molecule has 0 amide bonds. The van der Waals surface area contributed by atoms with E-state index in [2.05, 4.69) is 52.8 Å². The van der Waals surface area contributed by atoms with E-state index in [-0.39, 0.29) is 2.14 Å². The first kappa shape index (κ1) is 12.8. The van der Waals surface area contributed by atoms with Crippen LogP contribution in [-0.2, 0) is 4.79 Å². The molecule has 12 heavy (non-hydrogen) atoms. The first-order chi connectivity index (χ1) is 5.56. The fraction of sp³-hybridized carbons (Fsp3) is 0.857. The van der Waals surface area contributed by atoms with Gasteiger partial charge in [0, 0.05) is 0 Å². The van der Waals surface area contributed by atoms with E-state index in [1.54, 1.807) is 0 Å². The van der Waals surface area contributed by atoms with E-state index in [0.29, 0.717) is 6.54 Å². The van der Waals surface area contributed by atoms with Crippen molar-refractivity contribution in [3.8, 4) is 0 Å². The zero-order chi connectivity index (χ0) is 9.45. The third-order valence-corrected chi connectivity index (χ3v) is 2.48. The molecule has 0 bridgehead atoms. The Balaban J connectivity index is 3.16. The van der Waals surface area contributed by atoms with E-state index in [1.165, 1.54) is 6.08 Å². The van der Waals surface area contributed by atoms with Crippen LogP contribution in [0.3, 0.4) is 0 Å². The van der Waals surface area contributed by atoms with Crippen LogP contribution in [0.25, 0.3) is 0 Å². The second-order valence-electron chi connectivity index (χ2n) is 2.40. The monoisotopic (exact) mass is 361 g/mol. The van der Waals surface area contributed by atoms with Crippen molar-refractivity contribution in [1.29, 1.82) is 0 Å². The SMILES string of the molecule is O=C=NCCCCCC(Br)(Br)Br. The Hall–Kier alpha value is 0.820. The number of rotatable bonds is 5. The maximum absolute atomic E-state index is 9.68. The summed E-state index contributed by atoms with van der Waals surface area (Å²) in [6.45, 7) is 0.601. The first-order valence-corrected chi connectivity index (χ1v) is 6.04. The summed E-state index contributed by atoms with van der Waals surface area (Å²) >= 11 is 10.2. The summed E-state index contributed by atoms with van der Waals surface area (Å²) in [6.07, 6.45) is 5.65. The molecule has 0 spiro atoms. The van der Waals surface area contributed by atoms with Gasteiger partial charge in [0.1, 0.15) is 2.14 Å². The maximum Gasteiger partial charge on any atom is 0.234 e. The molecule has 0 aromatic heterocycles. The van der Waals surface area contributed by atoms with Gasteiger partial charge in [0.05, 0.1) is 6.54 Å². The lowest BCUT2D eigenvalue weighted by molar-refractivity contribution is 0.561. The molecule has 0 aliphatic rings. The van der Waals surface area contributed by atoms with Crippen LogP contribution in [0.2, 0.25) is 0 Å². The van der Waals surface area contributed by atoms with Gasteiger partial charge in [-0.15, -0.1) is 0 Å². The van der Waals surface area contributed by atoms with Crippen LogP contribution in [0.1, 0.15) is 25.7 Å². The standard InChI is InChI=1S/C7H10Br3NO/c8-7(9,10)4-2-1-3-5-11-6-12/h1-5H2. The largest absolute Gasteiger partial charge is 0.234 e. The molecule has 0 heterocycles. The Kier molecular flexibility index (Phi) is 7.74. The molecule has 0 aliphatic carbocycles. The topological polar surface area (TPSA) is 29.4 Å². The van der Waals surface area contributed by atoms with Gasteiger partial charge in [-0.1, -0.05) is 60.6 Å². The fourth-order valence-corrected chi connectivity index (χ4v) is 1.58. The molecule has 0 radical (unpaired) electrons. The molecule has 70 valence electrons. The Morgan fingerprint density at radius 2 is 1.83 bits per heavy atom. The molecule has 0 unspecified atom stereocenters. The quantitative estimate of drug-likeness (QED) is 0.317. The second kappa shape index (κ2) is 7.25. The van der Waals surface area contributed by atoms with Gasteiger partial charge in [-0.3, -0.25) is 0 Å². The zero-order valence-electron chi connectivity index (χ0n) is 6.52. The number of nitrogens with zero attached hydrogens (tertiary/aromatic N) is 1. The Labute approximate surface area is 97.6 Å². The highest BCUT2D eigenvalue weighted by Crippen LogP contribution is 2.38. The van der Waals surface area contributed by atoms with Gasteiger partial charge in [-0.25, -0.2) is 9.79 Å². The molecule has 5 heteroatoms. The Bertz CT molecular complexity index is 161. The van der Waals surface area contributed by atoms with Crippen molar-refractivity contribution in [3.05, 3.63) is 0 Å². The predicted octanol–water partition coefficient (Wildman–Crippen LogP) is 3.72. The number of hydrogen-bond donors (Lipinski definition) is 0. The Morgan fingerprint density at radius 3 is 2.33 bits per heavy atom. The van der Waals surface area contributed by atoms with E-state index >= 15 is 0 Å². The third kappa shape index (κ3) is 10.8. The number of isocyanates is 1. The van der Waals surface area contributed by atoms with Crippen molar-refractivity contribution in [2.24, 2.45) is 4.99 Å². The highest BCUT2D eigenvalue weighted by molar-refractivity contribution is 9.39. The van der Waals surface area contributed by atoms with Crippen molar-refractivity contribution in [3.63, 3.8) is 0 Å². The lowest BCUT2D eigenvalue weighted by Crippen LogP contribution is -1.98. The van der Waals surface area contributed by atoms with Crippen molar-refractivity contribution >= 4 is 53.9 Å². The van der Waals surface area contributed by atoms with E-state index in [0.717, 1.165) is 25.7 Å². The molecule has 0 saturated heterocycles. The number of alkyl halides is 3. The van der Waals surface area contributed by atoms with Crippen LogP contribution in [0, 0.1) is 0 Å². The molecular formula is C7H10Br3NO. The number of carbonyl (C=O) groups excluding carboxylic acids is 1. The maximum atomic E-state index is 9.68. The minimum atomic E-state index is -0.124. The molecule has 0 rings (SSSR count). The minimum Gasteiger partial charge on any atom is -0.211 e. The van der Waals surface area contributed by atoms with Crippen molar-refractivity contribution in [1.82, 2.24) is 0 Å². The van der Waals surface area contributed by atoms with Crippen molar-refractivity contribution < 1.29 is 4.79 Å². The van der Waals surface area contributed by atoms with Gasteiger partial charge in [0.25, 0.3) is 0 Å². The zero-order valence-corrected chi connectivity index (χ0v) is 11.3. The first-order valence-electron chi connectivity index (χ1n) is 3.66.